The third-order valence-electron chi connectivity index (χ3n) is 3.57. The summed E-state index contributed by atoms with van der Waals surface area (Å²) in [7, 11) is 1.31. The average molecular weight is 238 g/mol. The summed E-state index contributed by atoms with van der Waals surface area (Å²) >= 11 is 0. The predicted molar refractivity (Wildman–Crippen MR) is 60.0 cm³/mol. The third kappa shape index (κ3) is 1.55. The molecule has 0 bridgehead atoms. The van der Waals surface area contributed by atoms with Crippen molar-refractivity contribution in [1.82, 2.24) is 0 Å². The highest BCUT2D eigenvalue weighted by atomic mass is 19.1. The molecule has 3 nitrogen and oxygen atoms in total. The Balaban J connectivity index is 2.36. The quantitative estimate of drug-likeness (QED) is 0.586. The van der Waals surface area contributed by atoms with Crippen LogP contribution in [0.15, 0.2) is 18.2 Å². The summed E-state index contributed by atoms with van der Waals surface area (Å²) in [4.78, 5) is 11.6. The second kappa shape index (κ2) is 3.53. The molecule has 0 aromatic heterocycles. The fraction of sp³-hybridized carbons (Fsp3) is 0.462. The molecule has 0 saturated carbocycles. The molecule has 0 amide bonds. The fourth-order valence-corrected chi connectivity index (χ4v) is 2.04. The van der Waals surface area contributed by atoms with E-state index in [1.165, 1.54) is 13.2 Å². The van der Waals surface area contributed by atoms with Crippen molar-refractivity contribution in [3.05, 3.63) is 35.1 Å². The molecule has 2 atom stereocenters. The Labute approximate surface area is 99.5 Å². The van der Waals surface area contributed by atoms with Crippen LogP contribution in [0, 0.1) is 12.7 Å². The van der Waals surface area contributed by atoms with Gasteiger partial charge in [-0.1, -0.05) is 12.1 Å². The van der Waals surface area contributed by atoms with Crippen LogP contribution < -0.4 is 0 Å². The highest BCUT2D eigenvalue weighted by Crippen LogP contribution is 2.56. The van der Waals surface area contributed by atoms with Gasteiger partial charge >= 0.3 is 5.97 Å². The van der Waals surface area contributed by atoms with Crippen molar-refractivity contribution in [2.45, 2.75) is 32.0 Å². The summed E-state index contributed by atoms with van der Waals surface area (Å²) in [5.74, 6) is -0.743. The number of carbonyl (C=O) groups excluding carboxylic acids is 1. The van der Waals surface area contributed by atoms with E-state index in [9.17, 15) is 9.18 Å². The molecule has 1 saturated heterocycles. The minimum atomic E-state index is -1.02. The molecule has 0 N–H and O–H groups in total. The van der Waals surface area contributed by atoms with Crippen LogP contribution in [0.2, 0.25) is 0 Å². The largest absolute Gasteiger partial charge is 0.467 e. The smallest absolute Gasteiger partial charge is 0.341 e. The van der Waals surface area contributed by atoms with Gasteiger partial charge in [-0.3, -0.25) is 0 Å². The lowest BCUT2D eigenvalue weighted by Crippen LogP contribution is -2.29. The number of hydrogen-bond donors (Lipinski definition) is 0. The highest BCUT2D eigenvalue weighted by molar-refractivity contribution is 5.84. The molecule has 1 aliphatic heterocycles. The van der Waals surface area contributed by atoms with Gasteiger partial charge in [-0.2, -0.15) is 0 Å². The molecule has 2 rings (SSSR count). The molecule has 4 heteroatoms. The van der Waals surface area contributed by atoms with Crippen molar-refractivity contribution in [3.8, 4) is 0 Å². The number of carbonyl (C=O) groups is 1. The van der Waals surface area contributed by atoms with Gasteiger partial charge in [-0.05, 0) is 38.0 Å². The van der Waals surface area contributed by atoms with Gasteiger partial charge in [0.15, 0.2) is 5.60 Å². The molecular formula is C13H15FO3. The average Bonchev–Trinajstić information content (AvgIpc) is 2.87. The number of hydrogen-bond acceptors (Lipinski definition) is 3. The van der Waals surface area contributed by atoms with Crippen LogP contribution in [0.1, 0.15) is 25.0 Å². The van der Waals surface area contributed by atoms with E-state index in [2.05, 4.69) is 0 Å². The fourth-order valence-electron chi connectivity index (χ4n) is 2.04. The van der Waals surface area contributed by atoms with Gasteiger partial charge in [0.25, 0.3) is 0 Å². The maximum absolute atomic E-state index is 13.5. The third-order valence-corrected chi connectivity index (χ3v) is 3.57. The number of esters is 1. The Kier molecular flexibility index (Phi) is 2.51. The Bertz CT molecular complexity index is 486. The lowest BCUT2D eigenvalue weighted by molar-refractivity contribution is -0.146. The first kappa shape index (κ1) is 12.0. The van der Waals surface area contributed by atoms with Crippen LogP contribution in [0.25, 0.3) is 0 Å². The standard InChI is InChI=1S/C13H15FO3/c1-8-5-6-9(7-10(8)14)12(2)13(3,17-12)11(15)16-4/h5-7H,1-4H3. The molecule has 2 unspecified atom stereocenters. The van der Waals surface area contributed by atoms with E-state index >= 15 is 0 Å². The van der Waals surface area contributed by atoms with Crippen LogP contribution in [0.4, 0.5) is 4.39 Å². The number of methoxy groups -OCH3 is 1. The van der Waals surface area contributed by atoms with Crippen LogP contribution in [-0.4, -0.2) is 18.7 Å². The monoisotopic (exact) mass is 238 g/mol. The van der Waals surface area contributed by atoms with Crippen molar-refractivity contribution in [2.24, 2.45) is 0 Å². The Morgan fingerprint density at radius 3 is 2.59 bits per heavy atom. The topological polar surface area (TPSA) is 38.8 Å². The van der Waals surface area contributed by atoms with E-state index in [1.54, 1.807) is 32.9 Å². The van der Waals surface area contributed by atoms with Crippen LogP contribution in [0.5, 0.6) is 0 Å². The molecule has 0 spiro atoms. The second-order valence-electron chi connectivity index (χ2n) is 4.62. The Morgan fingerprint density at radius 2 is 2.06 bits per heavy atom. The van der Waals surface area contributed by atoms with Crippen LogP contribution in [0.3, 0.4) is 0 Å². The first-order chi connectivity index (χ1) is 7.85. The SMILES string of the molecule is COC(=O)C1(C)OC1(C)c1ccc(C)c(F)c1. The molecule has 1 fully saturated rings. The number of benzene rings is 1. The predicted octanol–water partition coefficient (Wildman–Crippen LogP) is 2.31. The van der Waals surface area contributed by atoms with Gasteiger partial charge in [0.2, 0.25) is 0 Å². The van der Waals surface area contributed by atoms with Crippen molar-refractivity contribution >= 4 is 5.97 Å². The summed E-state index contributed by atoms with van der Waals surface area (Å²) < 4.78 is 23.7. The van der Waals surface area contributed by atoms with Gasteiger partial charge in [0.1, 0.15) is 11.4 Å². The van der Waals surface area contributed by atoms with E-state index < -0.39 is 17.2 Å². The van der Waals surface area contributed by atoms with E-state index in [4.69, 9.17) is 9.47 Å². The van der Waals surface area contributed by atoms with Crippen LogP contribution >= 0.6 is 0 Å². The zero-order valence-electron chi connectivity index (χ0n) is 10.3. The van der Waals surface area contributed by atoms with Crippen molar-refractivity contribution < 1.29 is 18.7 Å². The summed E-state index contributed by atoms with van der Waals surface area (Å²) in [5, 5.41) is 0. The number of rotatable bonds is 2. The van der Waals surface area contributed by atoms with E-state index in [0.717, 1.165) is 0 Å². The normalized spacial score (nSPS) is 31.1. The van der Waals surface area contributed by atoms with Gasteiger partial charge in [0, 0.05) is 0 Å². The minimum absolute atomic E-state index is 0.300. The minimum Gasteiger partial charge on any atom is -0.467 e. The maximum Gasteiger partial charge on any atom is 0.341 e. The van der Waals surface area contributed by atoms with Gasteiger partial charge in [-0.25, -0.2) is 9.18 Å². The zero-order valence-corrected chi connectivity index (χ0v) is 10.3. The number of halogens is 1. The van der Waals surface area contributed by atoms with Gasteiger partial charge < -0.3 is 9.47 Å². The molecule has 1 aliphatic rings. The van der Waals surface area contributed by atoms with E-state index in [0.29, 0.717) is 11.1 Å². The first-order valence-electron chi connectivity index (χ1n) is 5.40. The Morgan fingerprint density at radius 1 is 1.41 bits per heavy atom. The lowest BCUT2D eigenvalue weighted by atomic mass is 9.88. The molecule has 0 aliphatic carbocycles. The van der Waals surface area contributed by atoms with Crippen LogP contribution in [-0.2, 0) is 19.9 Å². The number of aryl methyl sites for hydroxylation is 1. The van der Waals surface area contributed by atoms with E-state index in [1.807, 2.05) is 0 Å². The van der Waals surface area contributed by atoms with Crippen molar-refractivity contribution in [2.75, 3.05) is 7.11 Å². The molecule has 92 valence electrons. The number of epoxide rings is 1. The van der Waals surface area contributed by atoms with E-state index in [-0.39, 0.29) is 5.82 Å². The number of ether oxygens (including phenoxy) is 2. The molecular weight excluding hydrogens is 223 g/mol. The van der Waals surface area contributed by atoms with Gasteiger partial charge in [0.05, 0.1) is 7.11 Å². The first-order valence-corrected chi connectivity index (χ1v) is 5.40. The van der Waals surface area contributed by atoms with Gasteiger partial charge in [-0.15, -0.1) is 0 Å². The maximum atomic E-state index is 13.5. The second-order valence-corrected chi connectivity index (χ2v) is 4.62. The molecule has 1 heterocycles. The summed E-state index contributed by atoms with van der Waals surface area (Å²) in [6.45, 7) is 5.10. The summed E-state index contributed by atoms with van der Waals surface area (Å²) in [5.41, 5.74) is -0.621. The molecule has 1 aromatic carbocycles. The van der Waals surface area contributed by atoms with Crippen molar-refractivity contribution in [3.63, 3.8) is 0 Å². The van der Waals surface area contributed by atoms with Crippen molar-refractivity contribution in [1.29, 1.82) is 0 Å². The molecule has 1 aromatic rings. The zero-order chi connectivity index (χ0) is 12.8. The molecule has 0 radical (unpaired) electrons. The summed E-state index contributed by atoms with van der Waals surface area (Å²) in [6.07, 6.45) is 0. The summed E-state index contributed by atoms with van der Waals surface area (Å²) in [6, 6.07) is 4.85. The Hall–Kier alpha value is -1.42. The molecule has 17 heavy (non-hydrogen) atoms. The lowest BCUT2D eigenvalue weighted by Gasteiger charge is -2.11. The highest BCUT2D eigenvalue weighted by Gasteiger charge is 2.70.